The third-order valence-electron chi connectivity index (χ3n) is 2.54. The Bertz CT molecular complexity index is 367. The van der Waals surface area contributed by atoms with Crippen molar-refractivity contribution in [3.63, 3.8) is 0 Å². The highest BCUT2D eigenvalue weighted by Crippen LogP contribution is 2.23. The van der Waals surface area contributed by atoms with Gasteiger partial charge in [-0.2, -0.15) is 0 Å². The Labute approximate surface area is 78.8 Å². The van der Waals surface area contributed by atoms with Crippen molar-refractivity contribution in [1.82, 2.24) is 0 Å². The maximum absolute atomic E-state index is 11.3. The third-order valence-corrected chi connectivity index (χ3v) is 2.54. The summed E-state index contributed by atoms with van der Waals surface area (Å²) in [6, 6.07) is 1.86. The van der Waals surface area contributed by atoms with Gasteiger partial charge in [-0.05, 0) is 50.5 Å². The number of anilines is 1. The van der Waals surface area contributed by atoms with Crippen LogP contribution in [0.25, 0.3) is 0 Å². The fraction of sp³-hybridized carbons (Fsp3) is 0.364. The molecule has 0 unspecified atom stereocenters. The molecule has 2 heteroatoms. The number of hydrogen-bond acceptors (Lipinski definition) is 2. The molecule has 0 saturated carbocycles. The largest absolute Gasteiger partial charge is 0.398 e. The highest BCUT2D eigenvalue weighted by Gasteiger charge is 2.11. The molecule has 1 aromatic carbocycles. The molecule has 0 bridgehead atoms. The van der Waals surface area contributed by atoms with Crippen LogP contribution in [0.15, 0.2) is 6.07 Å². The molecular formula is C11H15NO. The first-order valence-corrected chi connectivity index (χ1v) is 4.32. The summed E-state index contributed by atoms with van der Waals surface area (Å²) >= 11 is 0. The van der Waals surface area contributed by atoms with Gasteiger partial charge in [0.15, 0.2) is 5.78 Å². The fourth-order valence-corrected chi connectivity index (χ4v) is 1.58. The van der Waals surface area contributed by atoms with Crippen LogP contribution in [-0.4, -0.2) is 5.78 Å². The van der Waals surface area contributed by atoms with Gasteiger partial charge in [-0.3, -0.25) is 4.79 Å². The highest BCUT2D eigenvalue weighted by atomic mass is 16.1. The average molecular weight is 177 g/mol. The standard InChI is InChI=1S/C11H15NO/c1-6-5-10(12)11(9(4)13)8(3)7(6)2/h5H,12H2,1-4H3. The van der Waals surface area contributed by atoms with Crippen LogP contribution in [0.5, 0.6) is 0 Å². The van der Waals surface area contributed by atoms with Gasteiger partial charge in [0.25, 0.3) is 0 Å². The summed E-state index contributed by atoms with van der Waals surface area (Å²) in [6.07, 6.45) is 0. The fourth-order valence-electron chi connectivity index (χ4n) is 1.58. The van der Waals surface area contributed by atoms with Crippen molar-refractivity contribution in [3.8, 4) is 0 Å². The number of rotatable bonds is 1. The summed E-state index contributed by atoms with van der Waals surface area (Å²) in [5, 5.41) is 0. The molecule has 1 aromatic rings. The van der Waals surface area contributed by atoms with E-state index in [0.717, 1.165) is 16.7 Å². The maximum atomic E-state index is 11.3. The summed E-state index contributed by atoms with van der Waals surface area (Å²) in [4.78, 5) is 11.3. The first-order chi connectivity index (χ1) is 5.95. The Hall–Kier alpha value is -1.31. The van der Waals surface area contributed by atoms with Gasteiger partial charge in [0.05, 0.1) is 0 Å². The Morgan fingerprint density at radius 3 is 2.23 bits per heavy atom. The van der Waals surface area contributed by atoms with Crippen molar-refractivity contribution in [2.45, 2.75) is 27.7 Å². The van der Waals surface area contributed by atoms with E-state index in [1.807, 2.05) is 26.8 Å². The van der Waals surface area contributed by atoms with Crippen molar-refractivity contribution < 1.29 is 4.79 Å². The van der Waals surface area contributed by atoms with E-state index < -0.39 is 0 Å². The zero-order chi connectivity index (χ0) is 10.2. The van der Waals surface area contributed by atoms with E-state index in [-0.39, 0.29) is 5.78 Å². The molecule has 0 heterocycles. The van der Waals surface area contributed by atoms with E-state index in [0.29, 0.717) is 11.3 Å². The Morgan fingerprint density at radius 1 is 1.23 bits per heavy atom. The lowest BCUT2D eigenvalue weighted by Crippen LogP contribution is -2.05. The SMILES string of the molecule is CC(=O)c1c(N)cc(C)c(C)c1C. The van der Waals surface area contributed by atoms with E-state index in [4.69, 9.17) is 5.73 Å². The van der Waals surface area contributed by atoms with E-state index >= 15 is 0 Å². The minimum Gasteiger partial charge on any atom is -0.398 e. The molecule has 2 nitrogen and oxygen atoms in total. The van der Waals surface area contributed by atoms with E-state index in [1.54, 1.807) is 6.92 Å². The quantitative estimate of drug-likeness (QED) is 0.528. The molecule has 0 radical (unpaired) electrons. The van der Waals surface area contributed by atoms with E-state index in [1.165, 1.54) is 0 Å². The molecule has 70 valence electrons. The van der Waals surface area contributed by atoms with Crippen molar-refractivity contribution in [2.75, 3.05) is 5.73 Å². The number of carbonyl (C=O) groups is 1. The normalized spacial score (nSPS) is 10.2. The van der Waals surface area contributed by atoms with Gasteiger partial charge in [0, 0.05) is 11.3 Å². The molecule has 0 atom stereocenters. The van der Waals surface area contributed by atoms with Gasteiger partial charge >= 0.3 is 0 Å². The van der Waals surface area contributed by atoms with Crippen molar-refractivity contribution >= 4 is 11.5 Å². The number of benzene rings is 1. The minimum atomic E-state index is 0.0399. The number of nitrogens with two attached hydrogens (primary N) is 1. The summed E-state index contributed by atoms with van der Waals surface area (Å²) in [5.41, 5.74) is 10.3. The zero-order valence-corrected chi connectivity index (χ0v) is 8.56. The number of Topliss-reactive ketones (excluding diaryl/α,β-unsaturated/α-hetero) is 1. The van der Waals surface area contributed by atoms with Crippen LogP contribution in [0.3, 0.4) is 0 Å². The number of ketones is 1. The number of nitrogen functional groups attached to an aromatic ring is 1. The van der Waals surface area contributed by atoms with Crippen LogP contribution in [0, 0.1) is 20.8 Å². The van der Waals surface area contributed by atoms with Gasteiger partial charge in [0.2, 0.25) is 0 Å². The monoisotopic (exact) mass is 177 g/mol. The van der Waals surface area contributed by atoms with Gasteiger partial charge < -0.3 is 5.73 Å². The predicted molar refractivity (Wildman–Crippen MR) is 55.1 cm³/mol. The smallest absolute Gasteiger partial charge is 0.162 e. The first kappa shape index (κ1) is 9.78. The molecule has 0 aliphatic heterocycles. The molecule has 0 saturated heterocycles. The summed E-state index contributed by atoms with van der Waals surface area (Å²) < 4.78 is 0. The summed E-state index contributed by atoms with van der Waals surface area (Å²) in [6.45, 7) is 7.50. The highest BCUT2D eigenvalue weighted by molar-refractivity contribution is 6.01. The van der Waals surface area contributed by atoms with E-state index in [9.17, 15) is 4.79 Å². The summed E-state index contributed by atoms with van der Waals surface area (Å²) in [5.74, 6) is 0.0399. The molecule has 0 aliphatic rings. The average Bonchev–Trinajstić information content (AvgIpc) is 1.99. The molecular weight excluding hydrogens is 162 g/mol. The number of hydrogen-bond donors (Lipinski definition) is 1. The van der Waals surface area contributed by atoms with Crippen molar-refractivity contribution in [3.05, 3.63) is 28.3 Å². The molecule has 0 spiro atoms. The van der Waals surface area contributed by atoms with Crippen LogP contribution in [0.4, 0.5) is 5.69 Å². The van der Waals surface area contributed by atoms with Crippen LogP contribution in [0.2, 0.25) is 0 Å². The Balaban J connectivity index is 3.53. The first-order valence-electron chi connectivity index (χ1n) is 4.32. The lowest BCUT2D eigenvalue weighted by molar-refractivity contribution is 0.101. The molecule has 2 N–H and O–H groups in total. The molecule has 0 amide bonds. The van der Waals surface area contributed by atoms with Crippen molar-refractivity contribution in [1.29, 1.82) is 0 Å². The second kappa shape index (κ2) is 3.21. The van der Waals surface area contributed by atoms with Gasteiger partial charge in [-0.15, -0.1) is 0 Å². The van der Waals surface area contributed by atoms with Crippen LogP contribution in [0.1, 0.15) is 34.0 Å². The van der Waals surface area contributed by atoms with Crippen LogP contribution < -0.4 is 5.73 Å². The molecule has 1 rings (SSSR count). The van der Waals surface area contributed by atoms with E-state index in [2.05, 4.69) is 0 Å². The predicted octanol–water partition coefficient (Wildman–Crippen LogP) is 2.40. The lowest BCUT2D eigenvalue weighted by atomic mass is 9.95. The van der Waals surface area contributed by atoms with Crippen LogP contribution >= 0.6 is 0 Å². The van der Waals surface area contributed by atoms with Gasteiger partial charge in [0.1, 0.15) is 0 Å². The molecule has 0 fully saturated rings. The zero-order valence-electron chi connectivity index (χ0n) is 8.56. The minimum absolute atomic E-state index is 0.0399. The lowest BCUT2D eigenvalue weighted by Gasteiger charge is -2.11. The number of aryl methyl sites for hydroxylation is 1. The van der Waals surface area contributed by atoms with Crippen molar-refractivity contribution in [2.24, 2.45) is 0 Å². The van der Waals surface area contributed by atoms with Crippen LogP contribution in [-0.2, 0) is 0 Å². The Morgan fingerprint density at radius 2 is 1.77 bits per heavy atom. The second-order valence-corrected chi connectivity index (χ2v) is 3.46. The molecule has 13 heavy (non-hydrogen) atoms. The number of carbonyl (C=O) groups excluding carboxylic acids is 1. The molecule has 0 aliphatic carbocycles. The second-order valence-electron chi connectivity index (χ2n) is 3.46. The topological polar surface area (TPSA) is 43.1 Å². The van der Waals surface area contributed by atoms with Gasteiger partial charge in [-0.1, -0.05) is 0 Å². The van der Waals surface area contributed by atoms with Gasteiger partial charge in [-0.25, -0.2) is 0 Å². The third kappa shape index (κ3) is 1.57. The molecule has 0 aromatic heterocycles. The Kier molecular flexibility index (Phi) is 2.41. The maximum Gasteiger partial charge on any atom is 0.162 e. The summed E-state index contributed by atoms with van der Waals surface area (Å²) in [7, 11) is 0.